The van der Waals surface area contributed by atoms with Crippen LogP contribution in [0.25, 0.3) is 55.2 Å². The fourth-order valence-corrected chi connectivity index (χ4v) is 6.05. The third kappa shape index (κ3) is 4.46. The second-order valence-corrected chi connectivity index (χ2v) is 10.9. The number of aromatic amines is 2. The van der Waals surface area contributed by atoms with Gasteiger partial charge in [0.1, 0.15) is 16.9 Å². The molecule has 1 aliphatic rings. The fourth-order valence-electron chi connectivity index (χ4n) is 5.32. The maximum atomic E-state index is 13.7. The molecule has 10 heteroatoms. The number of rotatable bonds is 5. The second kappa shape index (κ2) is 9.70. The highest BCUT2D eigenvalue weighted by Crippen LogP contribution is 2.34. The Labute approximate surface area is 226 Å². The Bertz CT molecular complexity index is 1830. The molecular weight excluding hydrogens is 513 g/mol. The zero-order chi connectivity index (χ0) is 26.3. The van der Waals surface area contributed by atoms with Gasteiger partial charge in [0.15, 0.2) is 11.0 Å². The van der Waals surface area contributed by atoms with E-state index < -0.39 is 0 Å². The number of hydrogen-bond donors (Lipinski definition) is 3. The Morgan fingerprint density at radius 3 is 2.72 bits per heavy atom. The van der Waals surface area contributed by atoms with Gasteiger partial charge in [0.05, 0.1) is 27.8 Å². The van der Waals surface area contributed by atoms with E-state index in [-0.39, 0.29) is 17.0 Å². The highest BCUT2D eigenvalue weighted by molar-refractivity contribution is 7.13. The first-order valence-corrected chi connectivity index (χ1v) is 13.8. The number of halogens is 1. The average Bonchev–Trinajstić information content (AvgIpc) is 3.71. The molecule has 1 saturated carbocycles. The van der Waals surface area contributed by atoms with Gasteiger partial charge in [0.25, 0.3) is 0 Å². The molecule has 6 aromatic rings. The Morgan fingerprint density at radius 1 is 0.974 bits per heavy atom. The van der Waals surface area contributed by atoms with Crippen molar-refractivity contribution in [3.05, 3.63) is 66.2 Å². The lowest BCUT2D eigenvalue weighted by Gasteiger charge is -2.20. The normalized spacial score (nSPS) is 14.3. The number of imidazole rings is 1. The lowest BCUT2D eigenvalue weighted by Crippen LogP contribution is -2.24. The molecule has 1 aliphatic carbocycles. The van der Waals surface area contributed by atoms with Crippen LogP contribution in [0.3, 0.4) is 0 Å². The number of aromatic nitrogens is 6. The number of hydrogen-bond acceptors (Lipinski definition) is 6. The van der Waals surface area contributed by atoms with Crippen molar-refractivity contribution in [1.82, 2.24) is 30.1 Å². The Balaban J connectivity index is 1.22. The van der Waals surface area contributed by atoms with Crippen LogP contribution in [0, 0.1) is 11.0 Å². The number of H-pyrrole nitrogens is 2. The zero-order valence-corrected chi connectivity index (χ0v) is 21.7. The van der Waals surface area contributed by atoms with Crippen molar-refractivity contribution in [1.29, 1.82) is 0 Å². The van der Waals surface area contributed by atoms with Crippen molar-refractivity contribution in [3.8, 4) is 33.2 Å². The van der Waals surface area contributed by atoms with Gasteiger partial charge in [-0.3, -0.25) is 19.9 Å². The average molecular weight is 538 g/mol. The third-order valence-electron chi connectivity index (χ3n) is 7.31. The maximum Gasteiger partial charge on any atom is 0.227 e. The number of amides is 1. The summed E-state index contributed by atoms with van der Waals surface area (Å²) in [4.78, 5) is 30.5. The number of benzene rings is 1. The number of nitrogens with one attached hydrogen (secondary N) is 3. The number of nitrogens with zero attached hydrogens (tertiary/aromatic N) is 4. The molecule has 1 amide bonds. The van der Waals surface area contributed by atoms with Crippen LogP contribution in [-0.2, 0) is 4.79 Å². The van der Waals surface area contributed by atoms with E-state index in [0.717, 1.165) is 64.6 Å². The summed E-state index contributed by atoms with van der Waals surface area (Å²) in [5.41, 5.74) is 6.14. The molecule has 1 aromatic carbocycles. The lowest BCUT2D eigenvalue weighted by molar-refractivity contribution is -0.120. The van der Waals surface area contributed by atoms with Gasteiger partial charge >= 0.3 is 0 Å². The van der Waals surface area contributed by atoms with Gasteiger partial charge < -0.3 is 10.3 Å². The molecule has 194 valence electrons. The Kier molecular flexibility index (Phi) is 5.89. The summed E-state index contributed by atoms with van der Waals surface area (Å²) in [6.07, 6.45) is 10.5. The van der Waals surface area contributed by atoms with E-state index in [4.69, 9.17) is 4.98 Å². The molecule has 0 bridgehead atoms. The minimum atomic E-state index is -0.266. The Morgan fingerprint density at radius 2 is 1.87 bits per heavy atom. The molecule has 5 heterocycles. The molecular formula is C29H24FN7OS. The monoisotopic (exact) mass is 537 g/mol. The third-order valence-corrected chi connectivity index (χ3v) is 8.19. The number of thiophene rings is 1. The molecule has 0 atom stereocenters. The van der Waals surface area contributed by atoms with Gasteiger partial charge in [-0.05, 0) is 54.8 Å². The van der Waals surface area contributed by atoms with Gasteiger partial charge in [0, 0.05) is 29.3 Å². The van der Waals surface area contributed by atoms with Crippen LogP contribution in [0.4, 0.5) is 10.1 Å². The van der Waals surface area contributed by atoms with E-state index in [1.54, 1.807) is 24.7 Å². The maximum absolute atomic E-state index is 13.7. The van der Waals surface area contributed by atoms with E-state index in [9.17, 15) is 9.18 Å². The van der Waals surface area contributed by atoms with E-state index in [2.05, 4.69) is 30.5 Å². The fraction of sp³-hybridized carbons (Fsp3) is 0.207. The minimum absolute atomic E-state index is 0.0743. The first-order chi connectivity index (χ1) is 19.1. The van der Waals surface area contributed by atoms with Crippen molar-refractivity contribution in [2.45, 2.75) is 32.1 Å². The topological polar surface area (TPSA) is 112 Å². The van der Waals surface area contributed by atoms with Crippen LogP contribution in [0.15, 0.2) is 61.1 Å². The summed E-state index contributed by atoms with van der Waals surface area (Å²) in [7, 11) is 0. The van der Waals surface area contributed by atoms with Crippen molar-refractivity contribution in [2.24, 2.45) is 5.92 Å². The molecule has 0 radical (unpaired) electrons. The van der Waals surface area contributed by atoms with Crippen LogP contribution in [0.5, 0.6) is 0 Å². The summed E-state index contributed by atoms with van der Waals surface area (Å²) in [5.74, 6) is 0.738. The number of pyridine rings is 2. The van der Waals surface area contributed by atoms with Gasteiger partial charge in [-0.2, -0.15) is 9.49 Å². The molecule has 1 fully saturated rings. The highest BCUT2D eigenvalue weighted by Gasteiger charge is 2.21. The van der Waals surface area contributed by atoms with Crippen LogP contribution in [-0.4, -0.2) is 36.0 Å². The largest absolute Gasteiger partial charge is 0.336 e. The molecule has 39 heavy (non-hydrogen) atoms. The summed E-state index contributed by atoms with van der Waals surface area (Å²) < 4.78 is 13.7. The van der Waals surface area contributed by atoms with Crippen LogP contribution >= 0.6 is 11.3 Å². The van der Waals surface area contributed by atoms with Crippen molar-refractivity contribution >= 4 is 44.9 Å². The lowest BCUT2D eigenvalue weighted by atomic mass is 9.88. The van der Waals surface area contributed by atoms with Gasteiger partial charge in [-0.1, -0.05) is 25.3 Å². The van der Waals surface area contributed by atoms with Crippen molar-refractivity contribution < 1.29 is 9.18 Å². The molecule has 8 nitrogen and oxygen atoms in total. The molecule has 7 rings (SSSR count). The first-order valence-electron chi connectivity index (χ1n) is 13.0. The van der Waals surface area contributed by atoms with Gasteiger partial charge in [-0.25, -0.2) is 4.98 Å². The smallest absolute Gasteiger partial charge is 0.227 e. The molecule has 0 spiro atoms. The number of fused-ring (bicyclic) bond motifs is 2. The molecule has 0 saturated heterocycles. The molecule has 3 N–H and O–H groups in total. The predicted molar refractivity (Wildman–Crippen MR) is 151 cm³/mol. The second-order valence-electron chi connectivity index (χ2n) is 9.86. The number of carbonyl (C=O) groups is 1. The van der Waals surface area contributed by atoms with Crippen LogP contribution in [0.2, 0.25) is 0 Å². The molecule has 0 unspecified atom stereocenters. The van der Waals surface area contributed by atoms with Crippen molar-refractivity contribution in [2.75, 3.05) is 5.32 Å². The van der Waals surface area contributed by atoms with Crippen LogP contribution < -0.4 is 5.32 Å². The van der Waals surface area contributed by atoms with E-state index in [0.29, 0.717) is 33.3 Å². The summed E-state index contributed by atoms with van der Waals surface area (Å²) in [6.45, 7) is 0. The summed E-state index contributed by atoms with van der Waals surface area (Å²) in [5, 5.41) is 11.3. The highest BCUT2D eigenvalue weighted by atomic mass is 32.1. The number of carbonyl (C=O) groups excluding carboxylic acids is 1. The molecule has 0 aliphatic heterocycles. The van der Waals surface area contributed by atoms with Crippen molar-refractivity contribution in [3.63, 3.8) is 0 Å². The summed E-state index contributed by atoms with van der Waals surface area (Å²) in [6, 6.07) is 13.0. The first kappa shape index (κ1) is 23.7. The Hall–Kier alpha value is -4.44. The number of anilines is 1. The standard InChI is InChI=1S/C29H24FN7OS/c30-24-9-8-23(39-24)27-26-22(10-11-32-27)34-28(35-26)25-20-13-17(6-7-21(20)36-37-25)18-12-19(15-31-14-18)33-29(38)16-4-2-1-3-5-16/h6-16H,1-5H2,(H,33,38)(H,34,35)(H,36,37). The van der Waals surface area contributed by atoms with Crippen LogP contribution in [0.1, 0.15) is 32.1 Å². The van der Waals surface area contributed by atoms with Gasteiger partial charge in [-0.15, -0.1) is 11.3 Å². The zero-order valence-electron chi connectivity index (χ0n) is 20.9. The predicted octanol–water partition coefficient (Wildman–Crippen LogP) is 6.95. The van der Waals surface area contributed by atoms with E-state index in [1.165, 1.54) is 12.5 Å². The quantitative estimate of drug-likeness (QED) is 0.220. The summed E-state index contributed by atoms with van der Waals surface area (Å²) >= 11 is 1.04. The van der Waals surface area contributed by atoms with E-state index in [1.807, 2.05) is 30.3 Å². The molecule has 5 aromatic heterocycles. The van der Waals surface area contributed by atoms with Gasteiger partial charge in [0.2, 0.25) is 5.91 Å². The SMILES string of the molecule is O=C(Nc1cncc(-c2ccc3[nH]nc(-c4nc5c(-c6ccc(F)s6)nccc5[nH]4)c3c2)c1)C1CCCCC1. The minimum Gasteiger partial charge on any atom is -0.336 e. The van der Waals surface area contributed by atoms with E-state index >= 15 is 0 Å².